The molecule has 0 amide bonds. The lowest BCUT2D eigenvalue weighted by Crippen LogP contribution is -2.47. The van der Waals surface area contributed by atoms with Crippen molar-refractivity contribution < 1.29 is 0 Å². The molecule has 20 heavy (non-hydrogen) atoms. The van der Waals surface area contributed by atoms with Crippen LogP contribution >= 0.6 is 11.8 Å². The van der Waals surface area contributed by atoms with E-state index in [0.29, 0.717) is 0 Å². The Morgan fingerprint density at radius 2 is 2.15 bits per heavy atom. The first-order valence-electron chi connectivity index (χ1n) is 8.10. The summed E-state index contributed by atoms with van der Waals surface area (Å²) in [7, 11) is 0. The van der Waals surface area contributed by atoms with Crippen LogP contribution in [0.2, 0.25) is 0 Å². The summed E-state index contributed by atoms with van der Waals surface area (Å²) in [6, 6.07) is 10.5. The molecule has 0 aromatic heterocycles. The molecule has 3 atom stereocenters. The van der Waals surface area contributed by atoms with Crippen LogP contribution in [0.5, 0.6) is 0 Å². The van der Waals surface area contributed by atoms with Crippen molar-refractivity contribution in [2.75, 3.05) is 19.6 Å². The highest BCUT2D eigenvalue weighted by Crippen LogP contribution is 2.36. The van der Waals surface area contributed by atoms with Crippen molar-refractivity contribution in [1.29, 1.82) is 0 Å². The normalized spacial score (nSPS) is 33.1. The summed E-state index contributed by atoms with van der Waals surface area (Å²) >= 11 is 2.07. The lowest BCUT2D eigenvalue weighted by atomic mass is 9.97. The van der Waals surface area contributed by atoms with Gasteiger partial charge in [0.15, 0.2) is 0 Å². The molecule has 2 fully saturated rings. The molecule has 0 spiro atoms. The summed E-state index contributed by atoms with van der Waals surface area (Å²) < 4.78 is 0. The number of thioether (sulfide) groups is 1. The second-order valence-corrected chi connectivity index (χ2v) is 7.86. The van der Waals surface area contributed by atoms with Crippen molar-refractivity contribution in [3.63, 3.8) is 0 Å². The number of rotatable bonds is 3. The van der Waals surface area contributed by atoms with Crippen molar-refractivity contribution in [3.05, 3.63) is 29.8 Å². The molecule has 0 saturated carbocycles. The minimum atomic E-state index is 0.744. The summed E-state index contributed by atoms with van der Waals surface area (Å²) in [5.74, 6) is 0. The maximum atomic E-state index is 3.86. The van der Waals surface area contributed by atoms with Gasteiger partial charge in [0, 0.05) is 28.8 Å². The number of hydrogen-bond donors (Lipinski definition) is 1. The molecule has 108 valence electrons. The second kappa shape index (κ2) is 5.70. The summed E-state index contributed by atoms with van der Waals surface area (Å²) in [4.78, 5) is 4.21. The summed E-state index contributed by atoms with van der Waals surface area (Å²) in [5.41, 5.74) is 1.55. The van der Waals surface area contributed by atoms with Crippen LogP contribution in [0.15, 0.2) is 29.2 Å². The third-order valence-electron chi connectivity index (χ3n) is 5.17. The van der Waals surface area contributed by atoms with E-state index in [1.54, 1.807) is 5.56 Å². The molecule has 0 radical (unpaired) electrons. The molecule has 0 bridgehead atoms. The lowest BCUT2D eigenvalue weighted by molar-refractivity contribution is 0.167. The molecular formula is C17H24N2S. The largest absolute Gasteiger partial charge is 0.313 e. The molecular weight excluding hydrogens is 264 g/mol. The fourth-order valence-corrected chi connectivity index (χ4v) is 5.34. The van der Waals surface area contributed by atoms with E-state index in [2.05, 4.69) is 46.2 Å². The Morgan fingerprint density at radius 1 is 1.20 bits per heavy atom. The van der Waals surface area contributed by atoms with Gasteiger partial charge in [-0.2, -0.15) is 0 Å². The van der Waals surface area contributed by atoms with Crippen molar-refractivity contribution in [2.45, 2.75) is 54.3 Å². The van der Waals surface area contributed by atoms with Gasteiger partial charge >= 0.3 is 0 Å². The van der Waals surface area contributed by atoms with Crippen LogP contribution in [-0.2, 0) is 6.42 Å². The number of hydrogen-bond acceptors (Lipinski definition) is 3. The number of fused-ring (bicyclic) bond motifs is 2. The Morgan fingerprint density at radius 3 is 3.10 bits per heavy atom. The van der Waals surface area contributed by atoms with E-state index in [1.807, 2.05) is 0 Å². The summed E-state index contributed by atoms with van der Waals surface area (Å²) in [6.45, 7) is 3.85. The molecule has 3 heteroatoms. The SMILES string of the molecule is c1ccc2c(c1)CC(CNC1CCN3CCCC3C1)S2. The maximum Gasteiger partial charge on any atom is 0.0260 e. The molecule has 1 aromatic carbocycles. The molecule has 3 unspecified atom stereocenters. The minimum Gasteiger partial charge on any atom is -0.313 e. The van der Waals surface area contributed by atoms with Crippen molar-refractivity contribution in [1.82, 2.24) is 10.2 Å². The highest BCUT2D eigenvalue weighted by molar-refractivity contribution is 8.00. The van der Waals surface area contributed by atoms with E-state index in [9.17, 15) is 0 Å². The molecule has 4 rings (SSSR count). The zero-order valence-electron chi connectivity index (χ0n) is 12.1. The van der Waals surface area contributed by atoms with Crippen LogP contribution in [0.3, 0.4) is 0 Å². The van der Waals surface area contributed by atoms with Gasteiger partial charge in [0.2, 0.25) is 0 Å². The van der Waals surface area contributed by atoms with Gasteiger partial charge in [-0.25, -0.2) is 0 Å². The van der Waals surface area contributed by atoms with Crippen LogP contribution in [0.25, 0.3) is 0 Å². The number of piperidine rings is 1. The fraction of sp³-hybridized carbons (Fsp3) is 0.647. The first-order chi connectivity index (χ1) is 9.88. The van der Waals surface area contributed by atoms with Crippen LogP contribution < -0.4 is 5.32 Å². The van der Waals surface area contributed by atoms with Crippen LogP contribution in [0.4, 0.5) is 0 Å². The topological polar surface area (TPSA) is 15.3 Å². The number of nitrogens with zero attached hydrogens (tertiary/aromatic N) is 1. The predicted octanol–water partition coefficient (Wildman–Crippen LogP) is 2.92. The quantitative estimate of drug-likeness (QED) is 0.920. The number of benzene rings is 1. The van der Waals surface area contributed by atoms with Crippen molar-refractivity contribution >= 4 is 11.8 Å². The third kappa shape index (κ3) is 2.63. The Bertz CT molecular complexity index is 451. The average Bonchev–Trinajstić information content (AvgIpc) is 3.10. The van der Waals surface area contributed by atoms with Gasteiger partial charge in [0.1, 0.15) is 0 Å². The van der Waals surface area contributed by atoms with Gasteiger partial charge in [0.05, 0.1) is 0 Å². The van der Waals surface area contributed by atoms with Crippen molar-refractivity contribution in [2.24, 2.45) is 0 Å². The minimum absolute atomic E-state index is 0.744. The molecule has 3 aliphatic rings. The summed E-state index contributed by atoms with van der Waals surface area (Å²) in [6.07, 6.45) is 6.83. The monoisotopic (exact) mass is 288 g/mol. The van der Waals surface area contributed by atoms with E-state index < -0.39 is 0 Å². The van der Waals surface area contributed by atoms with E-state index in [0.717, 1.165) is 17.3 Å². The molecule has 0 aliphatic carbocycles. The van der Waals surface area contributed by atoms with Crippen LogP contribution in [0, 0.1) is 0 Å². The Kier molecular flexibility index (Phi) is 3.76. The Labute approximate surface area is 126 Å². The van der Waals surface area contributed by atoms with Crippen LogP contribution in [0.1, 0.15) is 31.2 Å². The van der Waals surface area contributed by atoms with Crippen molar-refractivity contribution in [3.8, 4) is 0 Å². The molecule has 2 saturated heterocycles. The average molecular weight is 288 g/mol. The highest BCUT2D eigenvalue weighted by Gasteiger charge is 2.32. The molecule has 3 aliphatic heterocycles. The third-order valence-corrected chi connectivity index (χ3v) is 6.49. The second-order valence-electron chi connectivity index (χ2n) is 6.51. The maximum absolute atomic E-state index is 3.86. The van der Waals surface area contributed by atoms with Gasteiger partial charge in [-0.3, -0.25) is 0 Å². The van der Waals surface area contributed by atoms with Gasteiger partial charge in [-0.1, -0.05) is 18.2 Å². The van der Waals surface area contributed by atoms with E-state index >= 15 is 0 Å². The number of nitrogens with one attached hydrogen (secondary N) is 1. The van der Waals surface area contributed by atoms with Gasteiger partial charge < -0.3 is 10.2 Å². The molecule has 1 aromatic rings. The van der Waals surface area contributed by atoms with E-state index in [1.165, 1.54) is 56.6 Å². The smallest absolute Gasteiger partial charge is 0.0260 e. The summed E-state index contributed by atoms with van der Waals surface area (Å²) in [5, 5.41) is 4.61. The first kappa shape index (κ1) is 13.2. The van der Waals surface area contributed by atoms with E-state index in [-0.39, 0.29) is 0 Å². The van der Waals surface area contributed by atoms with Crippen LogP contribution in [-0.4, -0.2) is 41.9 Å². The van der Waals surface area contributed by atoms with E-state index in [4.69, 9.17) is 0 Å². The fourth-order valence-electron chi connectivity index (χ4n) is 4.08. The molecule has 2 nitrogen and oxygen atoms in total. The molecule has 1 N–H and O–H groups in total. The van der Waals surface area contributed by atoms with Gasteiger partial charge in [-0.15, -0.1) is 11.8 Å². The first-order valence-corrected chi connectivity index (χ1v) is 8.98. The van der Waals surface area contributed by atoms with Gasteiger partial charge in [0.25, 0.3) is 0 Å². The highest BCUT2D eigenvalue weighted by atomic mass is 32.2. The Balaban J connectivity index is 1.28. The zero-order chi connectivity index (χ0) is 13.4. The Hall–Kier alpha value is -0.510. The standard InChI is InChI=1S/C17H24N2S/c1-2-6-17-13(4-1)10-16(20-17)12-18-14-7-9-19-8-3-5-15(19)11-14/h1-2,4,6,14-16,18H,3,5,7-12H2. The van der Waals surface area contributed by atoms with Gasteiger partial charge in [-0.05, 0) is 56.8 Å². The lowest BCUT2D eigenvalue weighted by Gasteiger charge is -2.35. The predicted molar refractivity (Wildman–Crippen MR) is 85.4 cm³/mol. The molecule has 3 heterocycles. The zero-order valence-corrected chi connectivity index (χ0v) is 12.9.